The third-order valence-electron chi connectivity index (χ3n) is 9.62. The van der Waals surface area contributed by atoms with E-state index in [0.717, 1.165) is 44.9 Å². The highest BCUT2D eigenvalue weighted by atomic mass is 16.7. The summed E-state index contributed by atoms with van der Waals surface area (Å²) in [5.41, 5.74) is -1.71. The third kappa shape index (κ3) is 5.81. The van der Waals surface area contributed by atoms with Crippen molar-refractivity contribution >= 4 is 0 Å². The Morgan fingerprint density at radius 3 is 2.28 bits per heavy atom. The average molecular weight is 517 g/mol. The molecule has 10 atom stereocenters. The normalized spacial score (nSPS) is 38.2. The van der Waals surface area contributed by atoms with Crippen molar-refractivity contribution in [1.29, 1.82) is 0 Å². The molecule has 3 aliphatic rings. The van der Waals surface area contributed by atoms with Crippen LogP contribution in [-0.2, 0) is 18.9 Å². The number of hydrogen-bond donors (Lipinski definition) is 4. The van der Waals surface area contributed by atoms with Gasteiger partial charge < -0.3 is 39.4 Å². The first-order valence-corrected chi connectivity index (χ1v) is 14.2. The highest BCUT2D eigenvalue weighted by Crippen LogP contribution is 2.57. The number of hydrogen-bond acceptors (Lipinski definition) is 8. The summed E-state index contributed by atoms with van der Waals surface area (Å²) in [6, 6.07) is 0. The molecule has 4 N–H and O–H groups in total. The van der Waals surface area contributed by atoms with Crippen molar-refractivity contribution in [2.75, 3.05) is 6.61 Å². The molecular formula is C28H52O8. The summed E-state index contributed by atoms with van der Waals surface area (Å²) in [4.78, 5) is 0. The zero-order valence-corrected chi connectivity index (χ0v) is 23.5. The Bertz CT molecular complexity index is 697. The fourth-order valence-corrected chi connectivity index (χ4v) is 7.10. The molecule has 0 aromatic carbocycles. The zero-order chi connectivity index (χ0) is 26.9. The molecule has 0 amide bonds. The average Bonchev–Trinajstić information content (AvgIpc) is 3.35. The van der Waals surface area contributed by atoms with Crippen molar-refractivity contribution in [1.82, 2.24) is 0 Å². The first-order valence-electron chi connectivity index (χ1n) is 14.2. The summed E-state index contributed by atoms with van der Waals surface area (Å²) in [7, 11) is 0. The number of aliphatic hydroxyl groups is 4. The standard InChI is InChI=1S/C28H52O8/c1-8-26(7,14-17(3)4)23(30)33-16-20(29)34-21-18(5)15-28(19(6)22(21)35-24(28)31)25(32)36-27(9-2)12-10-11-13-27/h17-25,29-32H,8-16H2,1-7H3/t18?,19?,20?,21?,22?,23?,24?,25?,26-,28?/m1/s1. The summed E-state index contributed by atoms with van der Waals surface area (Å²) in [5, 5.41) is 43.7. The van der Waals surface area contributed by atoms with Crippen molar-refractivity contribution in [3.63, 3.8) is 0 Å². The second-order valence-electron chi connectivity index (χ2n) is 12.6. The van der Waals surface area contributed by atoms with E-state index < -0.39 is 48.2 Å². The van der Waals surface area contributed by atoms with Crippen LogP contribution in [0.4, 0.5) is 0 Å². The van der Waals surface area contributed by atoms with Crippen LogP contribution in [0.3, 0.4) is 0 Å². The number of rotatable bonds is 13. The van der Waals surface area contributed by atoms with Crippen LogP contribution in [0.1, 0.15) is 99.8 Å². The van der Waals surface area contributed by atoms with Crippen LogP contribution in [-0.4, -0.2) is 70.0 Å². The molecule has 0 radical (unpaired) electrons. The van der Waals surface area contributed by atoms with Crippen LogP contribution in [0.5, 0.6) is 0 Å². The van der Waals surface area contributed by atoms with Crippen LogP contribution in [0.15, 0.2) is 0 Å². The Morgan fingerprint density at radius 2 is 1.72 bits per heavy atom. The molecule has 8 nitrogen and oxygen atoms in total. The van der Waals surface area contributed by atoms with Crippen LogP contribution in [0.2, 0.25) is 0 Å². The van der Waals surface area contributed by atoms with E-state index in [0.29, 0.717) is 12.3 Å². The molecule has 0 aromatic heterocycles. The van der Waals surface area contributed by atoms with E-state index in [1.807, 2.05) is 27.7 Å². The number of aliphatic hydroxyl groups excluding tert-OH is 4. The van der Waals surface area contributed by atoms with Gasteiger partial charge in [-0.15, -0.1) is 0 Å². The molecule has 1 heterocycles. The SMILES string of the molecule is CCC1(OC(O)C23CC(C)C(OC(O)COC(O)[C@](C)(CC)CC(C)C)C(OC2O)C3C)CCCC1. The summed E-state index contributed by atoms with van der Waals surface area (Å²) >= 11 is 0. The van der Waals surface area contributed by atoms with Gasteiger partial charge in [-0.1, -0.05) is 61.3 Å². The van der Waals surface area contributed by atoms with E-state index >= 15 is 0 Å². The Labute approximate surface area is 217 Å². The molecule has 2 aliphatic carbocycles. The van der Waals surface area contributed by atoms with Gasteiger partial charge in [0.2, 0.25) is 0 Å². The first kappa shape index (κ1) is 30.2. The highest BCUT2D eigenvalue weighted by molar-refractivity contribution is 5.08. The van der Waals surface area contributed by atoms with Crippen molar-refractivity contribution in [2.24, 2.45) is 28.6 Å². The monoisotopic (exact) mass is 516 g/mol. The molecule has 2 bridgehead atoms. The molecule has 3 fully saturated rings. The Balaban J connectivity index is 1.63. The van der Waals surface area contributed by atoms with Crippen LogP contribution in [0.25, 0.3) is 0 Å². The van der Waals surface area contributed by atoms with Gasteiger partial charge in [-0.3, -0.25) is 0 Å². The largest absolute Gasteiger partial charge is 0.367 e. The topological polar surface area (TPSA) is 118 Å². The predicted octanol–water partition coefficient (Wildman–Crippen LogP) is 3.92. The van der Waals surface area contributed by atoms with Crippen LogP contribution >= 0.6 is 0 Å². The fourth-order valence-electron chi connectivity index (χ4n) is 7.10. The maximum absolute atomic E-state index is 11.3. The first-order chi connectivity index (χ1) is 16.8. The lowest BCUT2D eigenvalue weighted by Crippen LogP contribution is -2.57. The van der Waals surface area contributed by atoms with Crippen molar-refractivity contribution in [2.45, 2.75) is 143 Å². The van der Waals surface area contributed by atoms with Gasteiger partial charge in [-0.05, 0) is 50.4 Å². The minimum atomic E-state index is -1.25. The molecule has 8 heteroatoms. The summed E-state index contributed by atoms with van der Waals surface area (Å²) in [6.07, 6.45) is 1.21. The lowest BCUT2D eigenvalue weighted by Gasteiger charge is -2.48. The van der Waals surface area contributed by atoms with Crippen LogP contribution < -0.4 is 0 Å². The number of fused-ring (bicyclic) bond motifs is 2. The summed E-state index contributed by atoms with van der Waals surface area (Å²) < 4.78 is 23.9. The molecule has 3 rings (SSSR count). The smallest absolute Gasteiger partial charge is 0.178 e. The lowest BCUT2D eigenvalue weighted by molar-refractivity contribution is -0.285. The van der Waals surface area contributed by atoms with Gasteiger partial charge in [0.25, 0.3) is 0 Å². The zero-order valence-electron chi connectivity index (χ0n) is 23.5. The van der Waals surface area contributed by atoms with E-state index in [9.17, 15) is 20.4 Å². The van der Waals surface area contributed by atoms with Gasteiger partial charge in [0.15, 0.2) is 25.2 Å². The molecule has 212 valence electrons. The predicted molar refractivity (Wildman–Crippen MR) is 136 cm³/mol. The Hall–Kier alpha value is -0.320. The maximum Gasteiger partial charge on any atom is 0.178 e. The van der Waals surface area contributed by atoms with Gasteiger partial charge in [-0.2, -0.15) is 0 Å². The Morgan fingerprint density at radius 1 is 1.08 bits per heavy atom. The van der Waals surface area contributed by atoms with Gasteiger partial charge in [0.05, 0.1) is 23.2 Å². The molecule has 0 spiro atoms. The second-order valence-corrected chi connectivity index (χ2v) is 12.6. The van der Waals surface area contributed by atoms with Crippen LogP contribution in [0, 0.1) is 28.6 Å². The van der Waals surface area contributed by atoms with E-state index in [4.69, 9.17) is 18.9 Å². The highest BCUT2D eigenvalue weighted by Gasteiger charge is 2.66. The van der Waals surface area contributed by atoms with E-state index in [-0.39, 0.29) is 24.0 Å². The van der Waals surface area contributed by atoms with Crippen molar-refractivity contribution < 1.29 is 39.4 Å². The van der Waals surface area contributed by atoms with Crippen molar-refractivity contribution in [3.05, 3.63) is 0 Å². The van der Waals surface area contributed by atoms with Gasteiger partial charge in [0, 0.05) is 11.3 Å². The lowest BCUT2D eigenvalue weighted by atomic mass is 9.62. The van der Waals surface area contributed by atoms with E-state index in [1.165, 1.54) is 0 Å². The van der Waals surface area contributed by atoms with Gasteiger partial charge in [0.1, 0.15) is 6.61 Å². The molecule has 2 saturated carbocycles. The summed E-state index contributed by atoms with van der Waals surface area (Å²) in [5.74, 6) is 0.0571. The molecule has 1 saturated heterocycles. The van der Waals surface area contributed by atoms with E-state index in [1.54, 1.807) is 0 Å². The maximum atomic E-state index is 11.3. The molecule has 36 heavy (non-hydrogen) atoms. The quantitative estimate of drug-likeness (QED) is 0.272. The number of ether oxygens (including phenoxy) is 4. The fraction of sp³-hybridized carbons (Fsp3) is 1.00. The molecule has 1 aliphatic heterocycles. The van der Waals surface area contributed by atoms with Crippen molar-refractivity contribution in [3.8, 4) is 0 Å². The molecule has 9 unspecified atom stereocenters. The third-order valence-corrected chi connectivity index (χ3v) is 9.62. The Kier molecular flexibility index (Phi) is 9.93. The molecule has 0 aromatic rings. The minimum Gasteiger partial charge on any atom is -0.367 e. The minimum absolute atomic E-state index is 0.107. The van der Waals surface area contributed by atoms with E-state index in [2.05, 4.69) is 20.8 Å². The molecular weight excluding hydrogens is 464 g/mol. The van der Waals surface area contributed by atoms with Gasteiger partial charge in [-0.25, -0.2) is 0 Å². The second kappa shape index (κ2) is 11.8. The summed E-state index contributed by atoms with van der Waals surface area (Å²) in [6.45, 7) is 14.1. The van der Waals surface area contributed by atoms with Gasteiger partial charge >= 0.3 is 0 Å².